The van der Waals surface area contributed by atoms with Gasteiger partial charge in [0.05, 0.1) is 12.0 Å². The number of nitrogens with one attached hydrogen (secondary N) is 1. The Morgan fingerprint density at radius 3 is 2.11 bits per heavy atom. The molecule has 104 valence electrons. The lowest BCUT2D eigenvalue weighted by Crippen LogP contribution is -2.56. The van der Waals surface area contributed by atoms with Crippen LogP contribution >= 0.6 is 0 Å². The molecule has 0 saturated heterocycles. The summed E-state index contributed by atoms with van der Waals surface area (Å²) in [6, 6.07) is 0. The number of carbonyl (C=O) groups is 2. The van der Waals surface area contributed by atoms with E-state index in [0.717, 1.165) is 44.9 Å². The molecule has 0 bridgehead atoms. The number of carboxylic acid groups (broad SMARTS) is 1. The first kappa shape index (κ1) is 15.0. The molecule has 0 aromatic carbocycles. The number of rotatable bonds is 8. The highest BCUT2D eigenvalue weighted by molar-refractivity contribution is 5.80. The van der Waals surface area contributed by atoms with Crippen molar-refractivity contribution in [1.29, 1.82) is 0 Å². The molecule has 4 heteroatoms. The van der Waals surface area contributed by atoms with Gasteiger partial charge in [-0.15, -0.1) is 0 Å². The molecule has 0 unspecified atom stereocenters. The van der Waals surface area contributed by atoms with E-state index in [-0.39, 0.29) is 18.2 Å². The van der Waals surface area contributed by atoms with Crippen LogP contribution in [0.4, 0.5) is 0 Å². The summed E-state index contributed by atoms with van der Waals surface area (Å²) >= 11 is 0. The average Bonchev–Trinajstić information content (AvgIpc) is 2.25. The Morgan fingerprint density at radius 1 is 1.22 bits per heavy atom. The summed E-state index contributed by atoms with van der Waals surface area (Å²) in [6.07, 6.45) is 6.44. The van der Waals surface area contributed by atoms with E-state index in [1.807, 2.05) is 0 Å². The summed E-state index contributed by atoms with van der Waals surface area (Å²) in [5, 5.41) is 11.9. The van der Waals surface area contributed by atoms with Crippen molar-refractivity contribution >= 4 is 11.9 Å². The van der Waals surface area contributed by atoms with E-state index in [2.05, 4.69) is 19.2 Å². The van der Waals surface area contributed by atoms with Gasteiger partial charge in [0.15, 0.2) is 0 Å². The van der Waals surface area contributed by atoms with E-state index in [9.17, 15) is 9.59 Å². The molecule has 0 spiro atoms. The van der Waals surface area contributed by atoms with Gasteiger partial charge < -0.3 is 10.4 Å². The second-order valence-electron chi connectivity index (χ2n) is 5.47. The Kier molecular flexibility index (Phi) is 5.63. The van der Waals surface area contributed by atoms with Gasteiger partial charge in [-0.25, -0.2) is 0 Å². The molecule has 2 N–H and O–H groups in total. The molecule has 1 saturated carbocycles. The number of carboxylic acids is 1. The number of amides is 1. The molecule has 1 rings (SSSR count). The van der Waals surface area contributed by atoms with Gasteiger partial charge in [-0.2, -0.15) is 0 Å². The smallest absolute Gasteiger partial charge is 0.305 e. The highest BCUT2D eigenvalue weighted by Gasteiger charge is 2.41. The maximum absolute atomic E-state index is 12.2. The van der Waals surface area contributed by atoms with Gasteiger partial charge in [0, 0.05) is 5.92 Å². The molecular formula is C14H25NO3. The molecule has 4 nitrogen and oxygen atoms in total. The fourth-order valence-corrected chi connectivity index (χ4v) is 2.71. The van der Waals surface area contributed by atoms with Gasteiger partial charge in [0.1, 0.15) is 0 Å². The van der Waals surface area contributed by atoms with Crippen molar-refractivity contribution < 1.29 is 14.7 Å². The SMILES string of the molecule is CCCC(CCC)C(=O)NC1(CC(=O)O)CCC1. The van der Waals surface area contributed by atoms with Crippen LogP contribution in [-0.4, -0.2) is 22.5 Å². The Balaban J connectivity index is 2.57. The van der Waals surface area contributed by atoms with Gasteiger partial charge >= 0.3 is 5.97 Å². The fraction of sp³-hybridized carbons (Fsp3) is 0.857. The zero-order valence-electron chi connectivity index (χ0n) is 11.5. The largest absolute Gasteiger partial charge is 0.481 e. The summed E-state index contributed by atoms with van der Waals surface area (Å²) in [7, 11) is 0. The summed E-state index contributed by atoms with van der Waals surface area (Å²) in [5.41, 5.74) is -0.456. The number of aliphatic carboxylic acids is 1. The molecule has 0 radical (unpaired) electrons. The number of hydrogen-bond acceptors (Lipinski definition) is 2. The van der Waals surface area contributed by atoms with E-state index >= 15 is 0 Å². The Bertz CT molecular complexity index is 291. The average molecular weight is 255 g/mol. The lowest BCUT2D eigenvalue weighted by Gasteiger charge is -2.42. The molecule has 0 aliphatic heterocycles. The molecule has 1 aliphatic carbocycles. The highest BCUT2D eigenvalue weighted by Crippen LogP contribution is 2.35. The monoisotopic (exact) mass is 255 g/mol. The van der Waals surface area contributed by atoms with Crippen LogP contribution in [0.5, 0.6) is 0 Å². The highest BCUT2D eigenvalue weighted by atomic mass is 16.4. The minimum atomic E-state index is -0.822. The third-order valence-corrected chi connectivity index (χ3v) is 3.83. The molecule has 1 amide bonds. The van der Waals surface area contributed by atoms with E-state index < -0.39 is 11.5 Å². The maximum atomic E-state index is 12.2. The van der Waals surface area contributed by atoms with E-state index in [4.69, 9.17) is 5.11 Å². The topological polar surface area (TPSA) is 66.4 Å². The third kappa shape index (κ3) is 4.00. The van der Waals surface area contributed by atoms with Crippen LogP contribution in [0, 0.1) is 5.92 Å². The minimum absolute atomic E-state index is 0.0475. The summed E-state index contributed by atoms with van der Waals surface area (Å²) < 4.78 is 0. The van der Waals surface area contributed by atoms with Crippen LogP contribution in [0.3, 0.4) is 0 Å². The lowest BCUT2D eigenvalue weighted by atomic mass is 9.74. The van der Waals surface area contributed by atoms with Gasteiger partial charge in [-0.1, -0.05) is 26.7 Å². The quantitative estimate of drug-likeness (QED) is 0.700. The predicted molar refractivity (Wildman–Crippen MR) is 70.3 cm³/mol. The normalized spacial score (nSPS) is 17.3. The first-order valence-corrected chi connectivity index (χ1v) is 7.07. The second-order valence-corrected chi connectivity index (χ2v) is 5.47. The Morgan fingerprint density at radius 2 is 1.78 bits per heavy atom. The van der Waals surface area contributed by atoms with E-state index in [1.54, 1.807) is 0 Å². The number of carbonyl (C=O) groups excluding carboxylic acids is 1. The lowest BCUT2D eigenvalue weighted by molar-refractivity contribution is -0.141. The Hall–Kier alpha value is -1.06. The van der Waals surface area contributed by atoms with Crippen molar-refractivity contribution in [1.82, 2.24) is 5.32 Å². The minimum Gasteiger partial charge on any atom is -0.481 e. The van der Waals surface area contributed by atoms with Crippen molar-refractivity contribution in [2.45, 2.75) is 70.8 Å². The fourth-order valence-electron chi connectivity index (χ4n) is 2.71. The van der Waals surface area contributed by atoms with Crippen molar-refractivity contribution in [3.8, 4) is 0 Å². The van der Waals surface area contributed by atoms with Crippen LogP contribution < -0.4 is 5.32 Å². The van der Waals surface area contributed by atoms with E-state index in [1.165, 1.54) is 0 Å². The van der Waals surface area contributed by atoms with Gasteiger partial charge in [-0.05, 0) is 32.1 Å². The van der Waals surface area contributed by atoms with Gasteiger partial charge in [0.25, 0.3) is 0 Å². The van der Waals surface area contributed by atoms with Gasteiger partial charge in [-0.3, -0.25) is 9.59 Å². The van der Waals surface area contributed by atoms with Crippen molar-refractivity contribution in [2.75, 3.05) is 0 Å². The summed E-state index contributed by atoms with van der Waals surface area (Å²) in [6.45, 7) is 4.15. The van der Waals surface area contributed by atoms with Crippen LogP contribution in [0.1, 0.15) is 65.2 Å². The molecule has 1 aliphatic rings. The van der Waals surface area contributed by atoms with Gasteiger partial charge in [0.2, 0.25) is 5.91 Å². The molecule has 18 heavy (non-hydrogen) atoms. The molecule has 1 fully saturated rings. The van der Waals surface area contributed by atoms with Crippen molar-refractivity contribution in [3.05, 3.63) is 0 Å². The molecule has 0 heterocycles. The maximum Gasteiger partial charge on any atom is 0.305 e. The molecule has 0 aromatic rings. The second kappa shape index (κ2) is 6.76. The molecular weight excluding hydrogens is 230 g/mol. The van der Waals surface area contributed by atoms with Crippen LogP contribution in [0.25, 0.3) is 0 Å². The summed E-state index contributed by atoms with van der Waals surface area (Å²) in [5.74, 6) is -0.719. The first-order valence-electron chi connectivity index (χ1n) is 7.07. The third-order valence-electron chi connectivity index (χ3n) is 3.83. The standard InChI is InChI=1S/C14H25NO3/c1-3-6-11(7-4-2)13(18)15-14(8-5-9-14)10-12(16)17/h11H,3-10H2,1-2H3,(H,15,18)(H,16,17). The Labute approximate surface area is 109 Å². The predicted octanol–water partition coefficient (Wildman–Crippen LogP) is 2.72. The molecule has 0 aromatic heterocycles. The first-order chi connectivity index (χ1) is 8.53. The zero-order chi connectivity index (χ0) is 13.6. The van der Waals surface area contributed by atoms with Crippen molar-refractivity contribution in [3.63, 3.8) is 0 Å². The zero-order valence-corrected chi connectivity index (χ0v) is 11.5. The molecule has 0 atom stereocenters. The van der Waals surface area contributed by atoms with E-state index in [0.29, 0.717) is 0 Å². The van der Waals surface area contributed by atoms with Crippen LogP contribution in [0.2, 0.25) is 0 Å². The summed E-state index contributed by atoms with van der Waals surface area (Å²) in [4.78, 5) is 23.1. The van der Waals surface area contributed by atoms with Crippen LogP contribution in [-0.2, 0) is 9.59 Å². The number of hydrogen-bond donors (Lipinski definition) is 2. The van der Waals surface area contributed by atoms with Crippen LogP contribution in [0.15, 0.2) is 0 Å². The van der Waals surface area contributed by atoms with Crippen molar-refractivity contribution in [2.24, 2.45) is 5.92 Å².